The van der Waals surface area contributed by atoms with Crippen LogP contribution in [0.15, 0.2) is 12.4 Å². The van der Waals surface area contributed by atoms with E-state index in [0.717, 1.165) is 24.5 Å². The molecule has 1 spiro atoms. The second-order valence-corrected chi connectivity index (χ2v) is 5.57. The Labute approximate surface area is 113 Å². The van der Waals surface area contributed by atoms with Crippen LogP contribution >= 0.6 is 0 Å². The minimum absolute atomic E-state index is 0.153. The van der Waals surface area contributed by atoms with Gasteiger partial charge in [-0.1, -0.05) is 12.8 Å². The van der Waals surface area contributed by atoms with Crippen molar-refractivity contribution in [2.24, 2.45) is 0 Å². The van der Waals surface area contributed by atoms with Gasteiger partial charge in [-0.3, -0.25) is 0 Å². The maximum absolute atomic E-state index is 6.03. The number of ether oxygens (including phenoxy) is 2. The van der Waals surface area contributed by atoms with E-state index in [1.54, 1.807) is 13.4 Å². The molecule has 2 heterocycles. The molecule has 1 saturated heterocycles. The molecule has 1 atom stereocenters. The van der Waals surface area contributed by atoms with Crippen LogP contribution < -0.4 is 5.32 Å². The van der Waals surface area contributed by atoms with Crippen molar-refractivity contribution in [3.8, 4) is 0 Å². The first-order chi connectivity index (χ1) is 9.30. The zero-order valence-corrected chi connectivity index (χ0v) is 11.4. The lowest BCUT2D eigenvalue weighted by Gasteiger charge is -2.21. The summed E-state index contributed by atoms with van der Waals surface area (Å²) in [7, 11) is 1.67. The number of anilines is 1. The first kappa shape index (κ1) is 12.8. The number of hydrogen-bond donors (Lipinski definition) is 1. The number of aromatic nitrogens is 2. The van der Waals surface area contributed by atoms with Crippen molar-refractivity contribution in [3.63, 3.8) is 0 Å². The van der Waals surface area contributed by atoms with Gasteiger partial charge in [0, 0.05) is 13.2 Å². The van der Waals surface area contributed by atoms with Crippen LogP contribution in [0, 0.1) is 0 Å². The highest BCUT2D eigenvalue weighted by atomic mass is 16.5. The summed E-state index contributed by atoms with van der Waals surface area (Å²) >= 11 is 0. The molecule has 0 unspecified atom stereocenters. The third-order valence-electron chi connectivity index (χ3n) is 4.09. The number of nitrogens with zero attached hydrogens (tertiary/aromatic N) is 2. The molecule has 2 fully saturated rings. The van der Waals surface area contributed by atoms with Gasteiger partial charge in [0.1, 0.15) is 12.1 Å². The predicted molar refractivity (Wildman–Crippen MR) is 71.9 cm³/mol. The summed E-state index contributed by atoms with van der Waals surface area (Å²) in [4.78, 5) is 8.43. The predicted octanol–water partition coefficient (Wildman–Crippen LogP) is 2.14. The van der Waals surface area contributed by atoms with Gasteiger partial charge in [-0.25, -0.2) is 9.97 Å². The Morgan fingerprint density at radius 3 is 3.05 bits per heavy atom. The monoisotopic (exact) mass is 263 g/mol. The lowest BCUT2D eigenvalue weighted by Crippen LogP contribution is -2.25. The normalized spacial score (nSPS) is 25.0. The third-order valence-corrected chi connectivity index (χ3v) is 4.09. The van der Waals surface area contributed by atoms with Crippen molar-refractivity contribution in [2.75, 3.05) is 19.0 Å². The van der Waals surface area contributed by atoms with Crippen LogP contribution in [0.3, 0.4) is 0 Å². The van der Waals surface area contributed by atoms with E-state index < -0.39 is 0 Å². The van der Waals surface area contributed by atoms with Crippen LogP contribution in [0.2, 0.25) is 0 Å². The van der Waals surface area contributed by atoms with Gasteiger partial charge in [0.25, 0.3) is 0 Å². The lowest BCUT2D eigenvalue weighted by atomic mass is 9.96. The molecule has 1 aromatic heterocycles. The molecule has 0 radical (unpaired) electrons. The molecule has 3 rings (SSSR count). The first-order valence-electron chi connectivity index (χ1n) is 7.00. The van der Waals surface area contributed by atoms with E-state index >= 15 is 0 Å². The summed E-state index contributed by atoms with van der Waals surface area (Å²) in [6, 6.07) is 2.31. The highest BCUT2D eigenvalue weighted by molar-refractivity contribution is 5.36. The Morgan fingerprint density at radius 1 is 1.42 bits per heavy atom. The minimum atomic E-state index is 0.153. The average Bonchev–Trinajstić information content (AvgIpc) is 3.02. The Bertz CT molecular complexity index is 432. The smallest absolute Gasteiger partial charge is 0.129 e. The molecular formula is C14H21N3O2. The summed E-state index contributed by atoms with van der Waals surface area (Å²) in [6.45, 7) is 1.30. The van der Waals surface area contributed by atoms with Crippen molar-refractivity contribution in [2.45, 2.75) is 50.4 Å². The number of hydrogen-bond acceptors (Lipinski definition) is 5. The molecule has 1 N–H and O–H groups in total. The van der Waals surface area contributed by atoms with Gasteiger partial charge in [0.15, 0.2) is 0 Å². The molecule has 0 bridgehead atoms. The average molecular weight is 263 g/mol. The Kier molecular flexibility index (Phi) is 3.66. The van der Waals surface area contributed by atoms with Crippen LogP contribution in [-0.2, 0) is 16.1 Å². The molecule has 5 heteroatoms. The van der Waals surface area contributed by atoms with Crippen LogP contribution in [0.25, 0.3) is 0 Å². The number of nitrogens with one attached hydrogen (secondary N) is 1. The van der Waals surface area contributed by atoms with Crippen LogP contribution in [0.5, 0.6) is 0 Å². The van der Waals surface area contributed by atoms with E-state index in [9.17, 15) is 0 Å². The maximum atomic E-state index is 6.03. The minimum Gasteiger partial charge on any atom is -0.378 e. The number of methoxy groups -OCH3 is 1. The second kappa shape index (κ2) is 5.43. The van der Waals surface area contributed by atoms with Crippen LogP contribution in [0.4, 0.5) is 5.82 Å². The zero-order chi connectivity index (χ0) is 13.1. The van der Waals surface area contributed by atoms with Crippen LogP contribution in [-0.4, -0.2) is 35.3 Å². The quantitative estimate of drug-likeness (QED) is 0.902. The number of rotatable bonds is 4. The molecule has 0 aromatic carbocycles. The molecule has 1 aliphatic heterocycles. The van der Waals surface area contributed by atoms with E-state index in [-0.39, 0.29) is 5.60 Å². The van der Waals surface area contributed by atoms with Gasteiger partial charge in [0.2, 0.25) is 0 Å². The topological polar surface area (TPSA) is 56.3 Å². The second-order valence-electron chi connectivity index (χ2n) is 5.57. The van der Waals surface area contributed by atoms with Gasteiger partial charge < -0.3 is 14.8 Å². The molecule has 104 valence electrons. The Balaban J connectivity index is 1.61. The molecule has 19 heavy (non-hydrogen) atoms. The Hall–Kier alpha value is -1.20. The summed E-state index contributed by atoms with van der Waals surface area (Å²) in [5.74, 6) is 0.866. The van der Waals surface area contributed by atoms with Crippen LogP contribution in [0.1, 0.15) is 37.8 Å². The van der Waals surface area contributed by atoms with Crippen molar-refractivity contribution >= 4 is 5.82 Å². The molecular weight excluding hydrogens is 242 g/mol. The van der Waals surface area contributed by atoms with E-state index in [4.69, 9.17) is 9.47 Å². The SMILES string of the molecule is COCc1cc(N[C@@H]2COC3(CCCC3)C2)ncn1. The highest BCUT2D eigenvalue weighted by Crippen LogP contribution is 2.41. The largest absolute Gasteiger partial charge is 0.378 e. The molecule has 0 amide bonds. The summed E-state index contributed by atoms with van der Waals surface area (Å²) in [5.41, 5.74) is 1.05. The molecule has 5 nitrogen and oxygen atoms in total. The standard InChI is InChI=1S/C14H21N3O2/c1-18-8-11-6-13(16-10-15-11)17-12-7-14(19-9-12)4-2-3-5-14/h6,10,12H,2-5,7-9H2,1H3,(H,15,16,17)/t12-/m0/s1. The third kappa shape index (κ3) is 2.87. The summed E-state index contributed by atoms with van der Waals surface area (Å²) < 4.78 is 11.1. The van der Waals surface area contributed by atoms with Gasteiger partial charge in [-0.15, -0.1) is 0 Å². The fourth-order valence-corrected chi connectivity index (χ4v) is 3.22. The van der Waals surface area contributed by atoms with Gasteiger partial charge in [-0.2, -0.15) is 0 Å². The van der Waals surface area contributed by atoms with Crippen molar-refractivity contribution in [1.82, 2.24) is 9.97 Å². The van der Waals surface area contributed by atoms with Gasteiger partial charge in [-0.05, 0) is 19.3 Å². The summed E-state index contributed by atoms with van der Waals surface area (Å²) in [5, 5.41) is 3.46. The van der Waals surface area contributed by atoms with E-state index in [0.29, 0.717) is 12.6 Å². The molecule has 1 aromatic rings. The molecule has 1 saturated carbocycles. The Morgan fingerprint density at radius 2 is 2.26 bits per heavy atom. The van der Waals surface area contributed by atoms with Crippen molar-refractivity contribution < 1.29 is 9.47 Å². The van der Waals surface area contributed by atoms with Crippen molar-refractivity contribution in [1.29, 1.82) is 0 Å². The van der Waals surface area contributed by atoms with E-state index in [1.165, 1.54) is 25.7 Å². The first-order valence-corrected chi connectivity index (χ1v) is 7.00. The summed E-state index contributed by atoms with van der Waals surface area (Å²) in [6.07, 6.45) is 7.71. The van der Waals surface area contributed by atoms with Crippen molar-refractivity contribution in [3.05, 3.63) is 18.1 Å². The highest BCUT2D eigenvalue weighted by Gasteiger charge is 2.42. The fraction of sp³-hybridized carbons (Fsp3) is 0.714. The van der Waals surface area contributed by atoms with Gasteiger partial charge >= 0.3 is 0 Å². The molecule has 1 aliphatic carbocycles. The maximum Gasteiger partial charge on any atom is 0.129 e. The zero-order valence-electron chi connectivity index (χ0n) is 11.4. The van der Waals surface area contributed by atoms with E-state index in [1.807, 2.05) is 6.07 Å². The van der Waals surface area contributed by atoms with Gasteiger partial charge in [0.05, 0.1) is 30.6 Å². The fourth-order valence-electron chi connectivity index (χ4n) is 3.22. The lowest BCUT2D eigenvalue weighted by molar-refractivity contribution is 0.0103. The van der Waals surface area contributed by atoms with E-state index in [2.05, 4.69) is 15.3 Å². The molecule has 2 aliphatic rings.